The van der Waals surface area contributed by atoms with Crippen LogP contribution in [0.3, 0.4) is 0 Å². The van der Waals surface area contributed by atoms with Crippen LogP contribution in [0.15, 0.2) is 30.3 Å². The summed E-state index contributed by atoms with van der Waals surface area (Å²) in [7, 11) is 0. The molecule has 4 heteroatoms. The second kappa shape index (κ2) is 6.37. The number of hydrogen-bond donors (Lipinski definition) is 2. The highest BCUT2D eigenvalue weighted by molar-refractivity contribution is 5.80. The molecule has 1 heterocycles. The number of ether oxygens (including phenoxy) is 1. The maximum absolute atomic E-state index is 12.2. The van der Waals surface area contributed by atoms with Gasteiger partial charge in [-0.3, -0.25) is 4.79 Å². The van der Waals surface area contributed by atoms with Crippen LogP contribution < -0.4 is 11.1 Å². The smallest absolute Gasteiger partial charge is 0.227 e. The van der Waals surface area contributed by atoms with E-state index in [0.29, 0.717) is 13.2 Å². The van der Waals surface area contributed by atoms with E-state index in [0.717, 1.165) is 12.8 Å². The second-order valence-corrected chi connectivity index (χ2v) is 6.17. The first-order chi connectivity index (χ1) is 9.48. The number of carbonyl (C=O) groups is 1. The van der Waals surface area contributed by atoms with E-state index in [1.165, 1.54) is 5.56 Å². The van der Waals surface area contributed by atoms with E-state index in [1.54, 1.807) is 0 Å². The molecule has 1 aliphatic heterocycles. The average molecular weight is 276 g/mol. The van der Waals surface area contributed by atoms with E-state index in [9.17, 15) is 4.79 Å². The Bertz CT molecular complexity index is 445. The Kier molecular flexibility index (Phi) is 4.78. The fourth-order valence-electron chi connectivity index (χ4n) is 2.43. The lowest BCUT2D eigenvalue weighted by atomic mass is 9.93. The molecule has 1 aromatic rings. The third-order valence-electron chi connectivity index (χ3n) is 3.80. The maximum Gasteiger partial charge on any atom is 0.227 e. The van der Waals surface area contributed by atoms with Gasteiger partial charge < -0.3 is 15.8 Å². The number of nitrogens with two attached hydrogens (primary N) is 1. The molecule has 0 aromatic heterocycles. The van der Waals surface area contributed by atoms with Crippen molar-refractivity contribution in [1.29, 1.82) is 0 Å². The maximum atomic E-state index is 12.2. The molecule has 1 amide bonds. The third-order valence-corrected chi connectivity index (χ3v) is 3.80. The van der Waals surface area contributed by atoms with E-state index in [4.69, 9.17) is 10.5 Å². The van der Waals surface area contributed by atoms with Crippen LogP contribution >= 0.6 is 0 Å². The van der Waals surface area contributed by atoms with Crippen molar-refractivity contribution in [2.75, 3.05) is 13.2 Å². The van der Waals surface area contributed by atoms with Gasteiger partial charge in [0.25, 0.3) is 0 Å². The molecule has 1 fully saturated rings. The Hall–Kier alpha value is -1.39. The number of aryl methyl sites for hydroxylation is 1. The van der Waals surface area contributed by atoms with Gasteiger partial charge in [-0.25, -0.2) is 0 Å². The van der Waals surface area contributed by atoms with Gasteiger partial charge >= 0.3 is 0 Å². The minimum Gasteiger partial charge on any atom is -0.379 e. The molecule has 3 N–H and O–H groups in total. The van der Waals surface area contributed by atoms with Gasteiger partial charge in [-0.1, -0.05) is 30.3 Å². The van der Waals surface area contributed by atoms with Crippen LogP contribution in [0.25, 0.3) is 0 Å². The third kappa shape index (κ3) is 4.05. The monoisotopic (exact) mass is 276 g/mol. The highest BCUT2D eigenvalue weighted by Gasteiger charge is 2.33. The van der Waals surface area contributed by atoms with Gasteiger partial charge in [0, 0.05) is 11.6 Å². The largest absolute Gasteiger partial charge is 0.379 e. The highest BCUT2D eigenvalue weighted by atomic mass is 16.5. The van der Waals surface area contributed by atoms with E-state index in [-0.39, 0.29) is 23.4 Å². The minimum absolute atomic E-state index is 0.00746. The van der Waals surface area contributed by atoms with Gasteiger partial charge in [-0.15, -0.1) is 0 Å². The fraction of sp³-hybridized carbons (Fsp3) is 0.562. The van der Waals surface area contributed by atoms with Gasteiger partial charge in [0.1, 0.15) is 0 Å². The molecular weight excluding hydrogens is 252 g/mol. The summed E-state index contributed by atoms with van der Waals surface area (Å²) in [5.41, 5.74) is 6.92. The molecule has 1 saturated heterocycles. The van der Waals surface area contributed by atoms with E-state index in [1.807, 2.05) is 18.2 Å². The summed E-state index contributed by atoms with van der Waals surface area (Å²) in [5, 5.41) is 3.10. The predicted molar refractivity (Wildman–Crippen MR) is 79.3 cm³/mol. The van der Waals surface area contributed by atoms with Gasteiger partial charge in [0.05, 0.1) is 19.1 Å². The van der Waals surface area contributed by atoms with Gasteiger partial charge in [0.2, 0.25) is 5.91 Å². The molecule has 0 bridgehead atoms. The van der Waals surface area contributed by atoms with Crippen molar-refractivity contribution in [3.8, 4) is 0 Å². The van der Waals surface area contributed by atoms with Crippen molar-refractivity contribution in [3.05, 3.63) is 35.9 Å². The fourth-order valence-corrected chi connectivity index (χ4v) is 2.43. The zero-order valence-corrected chi connectivity index (χ0v) is 12.3. The Balaban J connectivity index is 1.85. The first-order valence-corrected chi connectivity index (χ1v) is 7.17. The Labute approximate surface area is 120 Å². The van der Waals surface area contributed by atoms with Crippen LogP contribution in [-0.4, -0.2) is 30.7 Å². The average Bonchev–Trinajstić information content (AvgIpc) is 2.84. The molecule has 110 valence electrons. The number of rotatable bonds is 5. The summed E-state index contributed by atoms with van der Waals surface area (Å²) in [6.07, 6.45) is 1.84. The standard InChI is InChI=1S/C16H24N2O2/c1-16(2,9-8-12-6-4-3-5-7-12)18-15(19)13-10-20-11-14(13)17/h3-7,13-14H,8-11,17H2,1-2H3,(H,18,19). The van der Waals surface area contributed by atoms with Crippen molar-refractivity contribution >= 4 is 5.91 Å². The lowest BCUT2D eigenvalue weighted by Gasteiger charge is -2.28. The summed E-state index contributed by atoms with van der Waals surface area (Å²) in [6.45, 7) is 5.01. The van der Waals surface area contributed by atoms with Crippen molar-refractivity contribution in [2.45, 2.75) is 38.3 Å². The molecule has 1 aromatic carbocycles. The van der Waals surface area contributed by atoms with E-state index < -0.39 is 0 Å². The number of amides is 1. The summed E-state index contributed by atoms with van der Waals surface area (Å²) >= 11 is 0. The Morgan fingerprint density at radius 3 is 2.65 bits per heavy atom. The molecule has 2 unspecified atom stereocenters. The van der Waals surface area contributed by atoms with Crippen molar-refractivity contribution < 1.29 is 9.53 Å². The van der Waals surface area contributed by atoms with Crippen molar-refractivity contribution in [3.63, 3.8) is 0 Å². The zero-order valence-electron chi connectivity index (χ0n) is 12.3. The molecule has 2 atom stereocenters. The second-order valence-electron chi connectivity index (χ2n) is 6.17. The molecule has 2 rings (SSSR count). The predicted octanol–water partition coefficient (Wildman–Crippen LogP) is 1.49. The molecule has 20 heavy (non-hydrogen) atoms. The number of hydrogen-bond acceptors (Lipinski definition) is 3. The molecule has 0 spiro atoms. The lowest BCUT2D eigenvalue weighted by molar-refractivity contribution is -0.126. The molecule has 0 radical (unpaired) electrons. The SMILES string of the molecule is CC(C)(CCc1ccccc1)NC(=O)C1COCC1N. The summed E-state index contributed by atoms with van der Waals surface area (Å²) in [4.78, 5) is 12.2. The van der Waals surface area contributed by atoms with Crippen molar-refractivity contribution in [2.24, 2.45) is 11.7 Å². The number of benzene rings is 1. The minimum atomic E-state index is -0.241. The van der Waals surface area contributed by atoms with Crippen molar-refractivity contribution in [1.82, 2.24) is 5.32 Å². The van der Waals surface area contributed by atoms with Gasteiger partial charge in [0.15, 0.2) is 0 Å². The first kappa shape index (κ1) is 15.0. The lowest BCUT2D eigenvalue weighted by Crippen LogP contribution is -2.50. The summed E-state index contributed by atoms with van der Waals surface area (Å²) in [5.74, 6) is -0.209. The Morgan fingerprint density at radius 2 is 2.05 bits per heavy atom. The Morgan fingerprint density at radius 1 is 1.35 bits per heavy atom. The highest BCUT2D eigenvalue weighted by Crippen LogP contribution is 2.17. The quantitative estimate of drug-likeness (QED) is 0.856. The molecule has 0 saturated carbocycles. The van der Waals surface area contributed by atoms with E-state index in [2.05, 4.69) is 31.3 Å². The van der Waals surface area contributed by atoms with Crippen LogP contribution in [0, 0.1) is 5.92 Å². The summed E-state index contributed by atoms with van der Waals surface area (Å²) in [6, 6.07) is 10.1. The number of nitrogens with one attached hydrogen (secondary N) is 1. The van der Waals surface area contributed by atoms with Gasteiger partial charge in [-0.05, 0) is 32.3 Å². The van der Waals surface area contributed by atoms with Crippen LogP contribution in [0.2, 0.25) is 0 Å². The van der Waals surface area contributed by atoms with Crippen LogP contribution in [-0.2, 0) is 16.0 Å². The first-order valence-electron chi connectivity index (χ1n) is 7.17. The molecule has 0 aliphatic carbocycles. The van der Waals surface area contributed by atoms with Gasteiger partial charge in [-0.2, -0.15) is 0 Å². The molecular formula is C16H24N2O2. The zero-order chi connectivity index (χ0) is 14.6. The van der Waals surface area contributed by atoms with Crippen LogP contribution in [0.4, 0.5) is 0 Å². The van der Waals surface area contributed by atoms with Crippen LogP contribution in [0.1, 0.15) is 25.8 Å². The van der Waals surface area contributed by atoms with Crippen LogP contribution in [0.5, 0.6) is 0 Å². The normalized spacial score (nSPS) is 22.8. The van der Waals surface area contributed by atoms with E-state index >= 15 is 0 Å². The number of carbonyl (C=O) groups excluding carboxylic acids is 1. The molecule has 1 aliphatic rings. The molecule has 4 nitrogen and oxygen atoms in total. The topological polar surface area (TPSA) is 64.3 Å². The summed E-state index contributed by atoms with van der Waals surface area (Å²) < 4.78 is 5.25.